The van der Waals surface area contributed by atoms with E-state index >= 15 is 0 Å². The van der Waals surface area contributed by atoms with Crippen LogP contribution in [0.25, 0.3) is 0 Å². The number of rotatable bonds is 1. The van der Waals surface area contributed by atoms with E-state index < -0.39 is 11.8 Å². The number of nitrogens with one attached hydrogen (secondary N) is 1. The third-order valence-electron chi connectivity index (χ3n) is 1.75. The number of aromatic amines is 1. The van der Waals surface area contributed by atoms with Gasteiger partial charge < -0.3 is 0 Å². The molecule has 0 amide bonds. The van der Waals surface area contributed by atoms with Crippen LogP contribution in [0, 0.1) is 0 Å². The van der Waals surface area contributed by atoms with Crippen LogP contribution in [0.3, 0.4) is 0 Å². The van der Waals surface area contributed by atoms with Crippen LogP contribution >= 0.6 is 15.9 Å². The topological polar surface area (TPSA) is 28.7 Å². The second-order valence-electron chi connectivity index (χ2n) is 2.66. The first-order chi connectivity index (χ1) is 5.09. The van der Waals surface area contributed by atoms with Gasteiger partial charge in [-0.1, -0.05) is 0 Å². The average Bonchev–Trinajstić information content (AvgIpc) is 2.39. The van der Waals surface area contributed by atoms with E-state index in [4.69, 9.17) is 0 Å². The van der Waals surface area contributed by atoms with Crippen LogP contribution in [0.5, 0.6) is 0 Å². The van der Waals surface area contributed by atoms with Crippen molar-refractivity contribution in [2.45, 2.75) is 18.3 Å². The van der Waals surface area contributed by atoms with Crippen molar-refractivity contribution in [2.24, 2.45) is 0 Å². The van der Waals surface area contributed by atoms with Gasteiger partial charge in [0.05, 0.1) is 11.6 Å². The van der Waals surface area contributed by atoms with Crippen LogP contribution in [0.1, 0.15) is 18.0 Å². The smallest absolute Gasteiger partial charge is 0.257 e. The van der Waals surface area contributed by atoms with E-state index in [9.17, 15) is 8.78 Å². The van der Waals surface area contributed by atoms with Gasteiger partial charge >= 0.3 is 0 Å². The molecule has 60 valence electrons. The van der Waals surface area contributed by atoms with Gasteiger partial charge in [0.2, 0.25) is 0 Å². The van der Waals surface area contributed by atoms with E-state index in [2.05, 4.69) is 26.1 Å². The van der Waals surface area contributed by atoms with Crippen LogP contribution in [0.2, 0.25) is 0 Å². The van der Waals surface area contributed by atoms with Crippen molar-refractivity contribution < 1.29 is 8.78 Å². The number of nitrogens with zero attached hydrogens (tertiary/aromatic N) is 1. The van der Waals surface area contributed by atoms with Gasteiger partial charge in [0.25, 0.3) is 5.92 Å². The zero-order chi connectivity index (χ0) is 8.06. The molecule has 2 rings (SSSR count). The summed E-state index contributed by atoms with van der Waals surface area (Å²) in [6.45, 7) is 0. The molecule has 2 nitrogen and oxygen atoms in total. The predicted molar refractivity (Wildman–Crippen MR) is 38.6 cm³/mol. The normalized spacial score (nSPS) is 27.0. The highest BCUT2D eigenvalue weighted by Gasteiger charge is 2.58. The molecule has 11 heavy (non-hydrogen) atoms. The first-order valence-corrected chi connectivity index (χ1v) is 3.97. The minimum absolute atomic E-state index is 0.0652. The third kappa shape index (κ3) is 1.17. The fourth-order valence-electron chi connectivity index (χ4n) is 1.03. The fourth-order valence-corrected chi connectivity index (χ4v) is 1.35. The second-order valence-corrected chi connectivity index (χ2v) is 3.51. The first kappa shape index (κ1) is 7.21. The van der Waals surface area contributed by atoms with Gasteiger partial charge in [0.1, 0.15) is 4.60 Å². The molecular weight excluding hydrogens is 218 g/mol. The molecule has 1 aromatic rings. The molecule has 1 heterocycles. The summed E-state index contributed by atoms with van der Waals surface area (Å²) in [4.78, 5) is 0. The lowest BCUT2D eigenvalue weighted by molar-refractivity contribution is 0.111. The van der Waals surface area contributed by atoms with Crippen LogP contribution in [-0.2, 0) is 0 Å². The van der Waals surface area contributed by atoms with Gasteiger partial charge in [-0.25, -0.2) is 8.78 Å². The van der Waals surface area contributed by atoms with Crippen LogP contribution in [0.15, 0.2) is 10.7 Å². The Kier molecular flexibility index (Phi) is 1.33. The predicted octanol–water partition coefficient (Wildman–Crippen LogP) is 2.29. The van der Waals surface area contributed by atoms with Crippen molar-refractivity contribution in [1.29, 1.82) is 0 Å². The third-order valence-corrected chi connectivity index (χ3v) is 2.16. The standard InChI is InChI=1S/C6H5BrF2N2/c7-5-1-4(10-11-5)3-2-6(3,8)9/h1,3H,2H2,(H,10,11)/t3-/m0/s1. The largest absolute Gasteiger partial charge is 0.271 e. The molecule has 1 N–H and O–H groups in total. The second kappa shape index (κ2) is 2.03. The van der Waals surface area contributed by atoms with Gasteiger partial charge in [-0.05, 0) is 22.0 Å². The molecule has 0 saturated heterocycles. The molecule has 1 atom stereocenters. The number of H-pyrrole nitrogens is 1. The summed E-state index contributed by atoms with van der Waals surface area (Å²) >= 11 is 3.10. The highest BCUT2D eigenvalue weighted by molar-refractivity contribution is 9.10. The monoisotopic (exact) mass is 222 g/mol. The van der Waals surface area contributed by atoms with Crippen molar-refractivity contribution >= 4 is 15.9 Å². The molecule has 0 aromatic carbocycles. The van der Waals surface area contributed by atoms with Gasteiger partial charge in [-0.3, -0.25) is 5.10 Å². The van der Waals surface area contributed by atoms with Crippen LogP contribution in [0.4, 0.5) is 8.78 Å². The summed E-state index contributed by atoms with van der Waals surface area (Å²) in [6.07, 6.45) is -0.0652. The molecule has 0 bridgehead atoms. The van der Waals surface area contributed by atoms with E-state index in [1.807, 2.05) is 0 Å². The maximum Gasteiger partial charge on any atom is 0.257 e. The first-order valence-electron chi connectivity index (χ1n) is 3.18. The Bertz CT molecular complexity index is 284. The average molecular weight is 223 g/mol. The maximum atomic E-state index is 12.4. The van der Waals surface area contributed by atoms with Crippen molar-refractivity contribution in [3.05, 3.63) is 16.4 Å². The summed E-state index contributed by atoms with van der Waals surface area (Å²) < 4.78 is 25.5. The lowest BCUT2D eigenvalue weighted by atomic mass is 10.3. The molecule has 5 heteroatoms. The van der Waals surface area contributed by atoms with Crippen LogP contribution in [-0.4, -0.2) is 16.1 Å². The molecule has 0 radical (unpaired) electrons. The lowest BCUT2D eigenvalue weighted by Gasteiger charge is -1.89. The molecule has 1 aliphatic rings. The fraction of sp³-hybridized carbons (Fsp3) is 0.500. The Balaban J connectivity index is 2.20. The number of hydrogen-bond donors (Lipinski definition) is 1. The highest BCUT2D eigenvalue weighted by Crippen LogP contribution is 2.55. The minimum atomic E-state index is -2.52. The van der Waals surface area contributed by atoms with Crippen molar-refractivity contribution in [3.8, 4) is 0 Å². The Hall–Kier alpha value is -0.450. The summed E-state index contributed by atoms with van der Waals surface area (Å²) in [7, 11) is 0. The summed E-state index contributed by atoms with van der Waals surface area (Å²) in [5.74, 6) is -3.18. The number of aromatic nitrogens is 2. The van der Waals surface area contributed by atoms with E-state index in [0.717, 1.165) is 0 Å². The van der Waals surface area contributed by atoms with E-state index in [0.29, 0.717) is 10.3 Å². The lowest BCUT2D eigenvalue weighted by Crippen LogP contribution is -1.92. The zero-order valence-corrected chi connectivity index (χ0v) is 7.03. The SMILES string of the molecule is FC1(F)C[C@H]1c1cc(Br)[nH]n1. The maximum absolute atomic E-state index is 12.4. The van der Waals surface area contributed by atoms with Crippen LogP contribution < -0.4 is 0 Å². The minimum Gasteiger partial charge on any atom is -0.271 e. The number of alkyl halides is 2. The van der Waals surface area contributed by atoms with Crippen molar-refractivity contribution in [3.63, 3.8) is 0 Å². The zero-order valence-electron chi connectivity index (χ0n) is 5.44. The molecule has 1 saturated carbocycles. The Morgan fingerprint density at radius 1 is 1.73 bits per heavy atom. The van der Waals surface area contributed by atoms with Gasteiger partial charge in [0, 0.05) is 6.42 Å². The number of halogens is 3. The molecule has 1 aliphatic carbocycles. The quantitative estimate of drug-likeness (QED) is 0.777. The van der Waals surface area contributed by atoms with Gasteiger partial charge in [-0.2, -0.15) is 5.10 Å². The number of hydrogen-bond acceptors (Lipinski definition) is 1. The van der Waals surface area contributed by atoms with Gasteiger partial charge in [-0.15, -0.1) is 0 Å². The Labute approximate surface area is 70.1 Å². The highest BCUT2D eigenvalue weighted by atomic mass is 79.9. The molecular formula is C6H5BrF2N2. The van der Waals surface area contributed by atoms with Gasteiger partial charge in [0.15, 0.2) is 0 Å². The van der Waals surface area contributed by atoms with Crippen molar-refractivity contribution in [1.82, 2.24) is 10.2 Å². The molecule has 0 unspecified atom stereocenters. The Morgan fingerprint density at radius 2 is 2.36 bits per heavy atom. The Morgan fingerprint density at radius 3 is 2.73 bits per heavy atom. The summed E-state index contributed by atoms with van der Waals surface area (Å²) in [5.41, 5.74) is 0.446. The van der Waals surface area contributed by atoms with Crippen molar-refractivity contribution in [2.75, 3.05) is 0 Å². The van der Waals surface area contributed by atoms with E-state index in [-0.39, 0.29) is 6.42 Å². The molecule has 1 aromatic heterocycles. The molecule has 0 spiro atoms. The molecule has 0 aliphatic heterocycles. The summed E-state index contributed by atoms with van der Waals surface area (Å²) in [6, 6.07) is 1.59. The summed E-state index contributed by atoms with van der Waals surface area (Å²) in [5, 5.41) is 6.28. The van der Waals surface area contributed by atoms with E-state index in [1.165, 1.54) is 0 Å². The van der Waals surface area contributed by atoms with E-state index in [1.54, 1.807) is 6.07 Å². The molecule has 1 fully saturated rings.